The normalized spacial score (nSPS) is 11.4. The van der Waals surface area contributed by atoms with Crippen molar-refractivity contribution in [1.82, 2.24) is 4.98 Å². The van der Waals surface area contributed by atoms with E-state index >= 15 is 0 Å². The standard InChI is InChI=1S/C14H12F3NO2/c1-9-4-11(7-18-6-9)12-5-10(8-19)2-3-13(12)20-14(15,16)17/h2-7,19H,8H2,1H3. The molecule has 0 bridgehead atoms. The predicted molar refractivity (Wildman–Crippen MR) is 67.0 cm³/mol. The van der Waals surface area contributed by atoms with Crippen LogP contribution >= 0.6 is 0 Å². The van der Waals surface area contributed by atoms with Gasteiger partial charge in [0.2, 0.25) is 0 Å². The molecule has 0 atom stereocenters. The highest BCUT2D eigenvalue weighted by Gasteiger charge is 2.32. The van der Waals surface area contributed by atoms with Crippen LogP contribution in [0, 0.1) is 6.92 Å². The molecule has 20 heavy (non-hydrogen) atoms. The van der Waals surface area contributed by atoms with Gasteiger partial charge in [-0.3, -0.25) is 4.98 Å². The van der Waals surface area contributed by atoms with Crippen molar-refractivity contribution in [3.63, 3.8) is 0 Å². The fourth-order valence-electron chi connectivity index (χ4n) is 1.82. The van der Waals surface area contributed by atoms with Gasteiger partial charge in [0.05, 0.1) is 6.61 Å². The zero-order chi connectivity index (χ0) is 14.8. The maximum absolute atomic E-state index is 12.4. The van der Waals surface area contributed by atoms with E-state index in [1.165, 1.54) is 24.4 Å². The third kappa shape index (κ3) is 3.48. The smallest absolute Gasteiger partial charge is 0.405 e. The molecule has 2 aromatic rings. The number of pyridine rings is 1. The first kappa shape index (κ1) is 14.3. The summed E-state index contributed by atoms with van der Waals surface area (Å²) in [5.41, 5.74) is 2.05. The van der Waals surface area contributed by atoms with E-state index in [0.29, 0.717) is 11.1 Å². The number of aromatic nitrogens is 1. The minimum Gasteiger partial charge on any atom is -0.405 e. The third-order valence-corrected chi connectivity index (χ3v) is 2.64. The topological polar surface area (TPSA) is 42.4 Å². The van der Waals surface area contributed by atoms with Crippen molar-refractivity contribution < 1.29 is 23.0 Å². The Morgan fingerprint density at radius 1 is 1.20 bits per heavy atom. The molecular formula is C14H12F3NO2. The monoisotopic (exact) mass is 283 g/mol. The first-order valence-corrected chi connectivity index (χ1v) is 5.80. The number of aliphatic hydroxyl groups excluding tert-OH is 1. The van der Waals surface area contributed by atoms with E-state index in [4.69, 9.17) is 5.11 Å². The molecule has 3 nitrogen and oxygen atoms in total. The minimum atomic E-state index is -4.77. The molecule has 0 amide bonds. The van der Waals surface area contributed by atoms with Crippen molar-refractivity contribution in [2.24, 2.45) is 0 Å². The van der Waals surface area contributed by atoms with Crippen LogP contribution in [0.4, 0.5) is 13.2 Å². The summed E-state index contributed by atoms with van der Waals surface area (Å²) in [6.07, 6.45) is -1.72. The Bertz CT molecular complexity index is 612. The van der Waals surface area contributed by atoms with Gasteiger partial charge in [-0.15, -0.1) is 13.2 Å². The summed E-state index contributed by atoms with van der Waals surface area (Å²) >= 11 is 0. The van der Waals surface area contributed by atoms with Crippen LogP contribution < -0.4 is 4.74 Å². The van der Waals surface area contributed by atoms with Gasteiger partial charge in [-0.1, -0.05) is 6.07 Å². The van der Waals surface area contributed by atoms with Gasteiger partial charge in [-0.25, -0.2) is 0 Å². The van der Waals surface area contributed by atoms with E-state index in [1.54, 1.807) is 19.2 Å². The Balaban J connectivity index is 2.53. The number of hydrogen-bond donors (Lipinski definition) is 1. The van der Waals surface area contributed by atoms with Crippen molar-refractivity contribution in [1.29, 1.82) is 0 Å². The molecule has 0 unspecified atom stereocenters. The zero-order valence-corrected chi connectivity index (χ0v) is 10.6. The molecule has 0 saturated carbocycles. The molecule has 0 aliphatic rings. The molecule has 1 aromatic carbocycles. The summed E-state index contributed by atoms with van der Waals surface area (Å²) in [4.78, 5) is 3.95. The van der Waals surface area contributed by atoms with Gasteiger partial charge < -0.3 is 9.84 Å². The number of rotatable bonds is 3. The van der Waals surface area contributed by atoms with E-state index in [9.17, 15) is 13.2 Å². The second kappa shape index (κ2) is 5.50. The minimum absolute atomic E-state index is 0.241. The fraction of sp³-hybridized carbons (Fsp3) is 0.214. The number of benzene rings is 1. The Kier molecular flexibility index (Phi) is 3.94. The highest BCUT2D eigenvalue weighted by Crippen LogP contribution is 2.34. The molecule has 1 aromatic heterocycles. The van der Waals surface area contributed by atoms with E-state index in [-0.39, 0.29) is 17.9 Å². The van der Waals surface area contributed by atoms with Crippen LogP contribution in [-0.2, 0) is 6.61 Å². The van der Waals surface area contributed by atoms with Crippen LogP contribution in [0.5, 0.6) is 5.75 Å². The number of ether oxygens (including phenoxy) is 1. The number of nitrogens with zero attached hydrogens (tertiary/aromatic N) is 1. The second-order valence-corrected chi connectivity index (χ2v) is 4.29. The van der Waals surface area contributed by atoms with Crippen LogP contribution in [0.2, 0.25) is 0 Å². The summed E-state index contributed by atoms with van der Waals surface area (Å²) in [6.45, 7) is 1.52. The van der Waals surface area contributed by atoms with Gasteiger partial charge >= 0.3 is 6.36 Å². The average molecular weight is 283 g/mol. The average Bonchev–Trinajstić information content (AvgIpc) is 2.37. The third-order valence-electron chi connectivity index (χ3n) is 2.64. The lowest BCUT2D eigenvalue weighted by Gasteiger charge is -2.14. The molecule has 6 heteroatoms. The van der Waals surface area contributed by atoms with Crippen LogP contribution in [-0.4, -0.2) is 16.5 Å². The quantitative estimate of drug-likeness (QED) is 0.938. The van der Waals surface area contributed by atoms with Crippen LogP contribution in [0.3, 0.4) is 0 Å². The Hall–Kier alpha value is -2.08. The first-order chi connectivity index (χ1) is 9.39. The van der Waals surface area contributed by atoms with Gasteiger partial charge in [0.25, 0.3) is 0 Å². The molecule has 0 spiro atoms. The maximum Gasteiger partial charge on any atom is 0.573 e. The van der Waals surface area contributed by atoms with Gasteiger partial charge in [0, 0.05) is 23.5 Å². The number of halogens is 3. The summed E-state index contributed by atoms with van der Waals surface area (Å²) in [5.74, 6) is -0.317. The highest BCUT2D eigenvalue weighted by molar-refractivity contribution is 5.71. The molecule has 1 heterocycles. The first-order valence-electron chi connectivity index (χ1n) is 5.80. The van der Waals surface area contributed by atoms with Gasteiger partial charge in [-0.05, 0) is 36.2 Å². The molecular weight excluding hydrogens is 271 g/mol. The van der Waals surface area contributed by atoms with Gasteiger partial charge in [0.1, 0.15) is 5.75 Å². The van der Waals surface area contributed by atoms with E-state index in [1.807, 2.05) is 0 Å². The molecule has 0 saturated heterocycles. The Labute approximate surface area is 113 Å². The lowest BCUT2D eigenvalue weighted by molar-refractivity contribution is -0.274. The molecule has 106 valence electrons. The van der Waals surface area contributed by atoms with Crippen molar-refractivity contribution in [2.75, 3.05) is 0 Å². The molecule has 0 fully saturated rings. The summed E-state index contributed by atoms with van der Waals surface area (Å²) in [5, 5.41) is 9.11. The molecule has 1 N–H and O–H groups in total. The summed E-state index contributed by atoms with van der Waals surface area (Å²) in [6, 6.07) is 5.73. The highest BCUT2D eigenvalue weighted by atomic mass is 19.4. The van der Waals surface area contributed by atoms with Crippen molar-refractivity contribution in [3.8, 4) is 16.9 Å². The maximum atomic E-state index is 12.4. The summed E-state index contributed by atoms with van der Waals surface area (Å²) in [7, 11) is 0. The van der Waals surface area contributed by atoms with Gasteiger partial charge in [0.15, 0.2) is 0 Å². The summed E-state index contributed by atoms with van der Waals surface area (Å²) < 4.78 is 41.3. The van der Waals surface area contributed by atoms with Gasteiger partial charge in [-0.2, -0.15) is 0 Å². The molecule has 2 rings (SSSR count). The van der Waals surface area contributed by atoms with Crippen LogP contribution in [0.25, 0.3) is 11.1 Å². The number of alkyl halides is 3. The zero-order valence-electron chi connectivity index (χ0n) is 10.6. The van der Waals surface area contributed by atoms with E-state index in [0.717, 1.165) is 5.56 Å². The molecule has 0 radical (unpaired) electrons. The predicted octanol–water partition coefficient (Wildman–Crippen LogP) is 3.45. The van der Waals surface area contributed by atoms with Crippen molar-refractivity contribution in [3.05, 3.63) is 47.8 Å². The number of aliphatic hydroxyl groups is 1. The fourth-order valence-corrected chi connectivity index (χ4v) is 1.82. The Morgan fingerprint density at radius 2 is 1.95 bits per heavy atom. The van der Waals surface area contributed by atoms with E-state index in [2.05, 4.69) is 9.72 Å². The SMILES string of the molecule is Cc1cncc(-c2cc(CO)ccc2OC(F)(F)F)c1. The lowest BCUT2D eigenvalue weighted by Crippen LogP contribution is -2.17. The molecule has 0 aliphatic heterocycles. The molecule has 0 aliphatic carbocycles. The van der Waals surface area contributed by atoms with Crippen molar-refractivity contribution >= 4 is 0 Å². The van der Waals surface area contributed by atoms with E-state index < -0.39 is 6.36 Å². The van der Waals surface area contributed by atoms with Crippen LogP contribution in [0.1, 0.15) is 11.1 Å². The number of hydrogen-bond acceptors (Lipinski definition) is 3. The Morgan fingerprint density at radius 3 is 2.55 bits per heavy atom. The second-order valence-electron chi connectivity index (χ2n) is 4.29. The van der Waals surface area contributed by atoms with Crippen LogP contribution in [0.15, 0.2) is 36.7 Å². The lowest BCUT2D eigenvalue weighted by atomic mass is 10.0. The van der Waals surface area contributed by atoms with Crippen molar-refractivity contribution in [2.45, 2.75) is 19.9 Å². The largest absolute Gasteiger partial charge is 0.573 e. The number of aryl methyl sites for hydroxylation is 1.